The highest BCUT2D eigenvalue weighted by Crippen LogP contribution is 2.30. The molecule has 0 bridgehead atoms. The van der Waals surface area contributed by atoms with Crippen molar-refractivity contribution >= 4 is 49.7 Å². The van der Waals surface area contributed by atoms with Crippen molar-refractivity contribution in [2.24, 2.45) is 5.92 Å². The number of nitrogens with zero attached hydrogens (tertiary/aromatic N) is 5. The third-order valence-corrected chi connectivity index (χ3v) is 7.21. The summed E-state index contributed by atoms with van der Waals surface area (Å²) in [5.74, 6) is 0.676. The molecule has 1 aliphatic heterocycles. The standard InChI is InChI=1S/C24H24BrN7O2/c25-21-19-12-27-24(29-16-4-3-15(10-16)23(33)28-17-7-9-34-13-17)30-22(19)32(31-21)18-5-6-20-14(11-18)2-1-8-26-20/h1-2,5-6,8,11-12,15-17H,3-4,7,9-10,13H2,(H,28,33)(H,27,29,30)/t15-,16-,17-/m1/s1. The SMILES string of the molecule is O=C(N[C@@H]1CCOC1)[C@@H]1CC[C@@H](Nc2ncc3c(Br)nn(-c4ccc5ncccc5c4)c3n2)C1. The Bertz CT molecular complexity index is 1370. The number of benzene rings is 1. The number of hydrogen-bond acceptors (Lipinski definition) is 7. The zero-order chi connectivity index (χ0) is 23.1. The molecule has 6 rings (SSSR count). The van der Waals surface area contributed by atoms with Gasteiger partial charge in [0, 0.05) is 36.3 Å². The van der Waals surface area contributed by atoms with Gasteiger partial charge in [-0.1, -0.05) is 6.07 Å². The number of fused-ring (bicyclic) bond motifs is 2. The van der Waals surface area contributed by atoms with Gasteiger partial charge in [0.15, 0.2) is 5.65 Å². The molecule has 2 aliphatic rings. The van der Waals surface area contributed by atoms with Gasteiger partial charge in [0.2, 0.25) is 11.9 Å². The molecule has 0 spiro atoms. The predicted molar refractivity (Wildman–Crippen MR) is 132 cm³/mol. The number of nitrogens with one attached hydrogen (secondary N) is 2. The van der Waals surface area contributed by atoms with E-state index in [0.29, 0.717) is 22.8 Å². The van der Waals surface area contributed by atoms with Crippen molar-refractivity contribution in [3.63, 3.8) is 0 Å². The van der Waals surface area contributed by atoms with E-state index in [2.05, 4.69) is 41.6 Å². The molecule has 1 aromatic carbocycles. The minimum absolute atomic E-state index is 0.00714. The van der Waals surface area contributed by atoms with Gasteiger partial charge in [-0.25, -0.2) is 9.67 Å². The zero-order valence-corrected chi connectivity index (χ0v) is 20.0. The Hall–Kier alpha value is -3.11. The lowest BCUT2D eigenvalue weighted by Crippen LogP contribution is -2.38. The van der Waals surface area contributed by atoms with E-state index in [0.717, 1.165) is 54.3 Å². The summed E-state index contributed by atoms with van der Waals surface area (Å²) in [5, 5.41) is 13.1. The highest BCUT2D eigenvalue weighted by atomic mass is 79.9. The van der Waals surface area contributed by atoms with Crippen molar-refractivity contribution in [2.45, 2.75) is 37.8 Å². The maximum Gasteiger partial charge on any atom is 0.224 e. The van der Waals surface area contributed by atoms with Crippen LogP contribution in [0.2, 0.25) is 0 Å². The van der Waals surface area contributed by atoms with Gasteiger partial charge in [-0.05, 0) is 65.9 Å². The number of amides is 1. The summed E-state index contributed by atoms with van der Waals surface area (Å²) in [6.07, 6.45) is 6.98. The first kappa shape index (κ1) is 21.4. The quantitative estimate of drug-likeness (QED) is 0.413. The Kier molecular flexibility index (Phi) is 5.62. The van der Waals surface area contributed by atoms with Crippen LogP contribution in [0.15, 0.2) is 47.3 Å². The smallest absolute Gasteiger partial charge is 0.224 e. The minimum Gasteiger partial charge on any atom is -0.379 e. The number of rotatable bonds is 5. The maximum atomic E-state index is 12.6. The molecule has 34 heavy (non-hydrogen) atoms. The second kappa shape index (κ2) is 8.92. The number of anilines is 1. The van der Waals surface area contributed by atoms with Crippen LogP contribution in [0, 0.1) is 5.92 Å². The number of carbonyl (C=O) groups excluding carboxylic acids is 1. The summed E-state index contributed by atoms with van der Waals surface area (Å²) in [7, 11) is 0. The number of carbonyl (C=O) groups is 1. The van der Waals surface area contributed by atoms with Crippen molar-refractivity contribution in [3.8, 4) is 5.69 Å². The number of pyridine rings is 1. The van der Waals surface area contributed by atoms with Gasteiger partial charge in [-0.3, -0.25) is 9.78 Å². The monoisotopic (exact) mass is 521 g/mol. The molecule has 0 unspecified atom stereocenters. The minimum atomic E-state index is 0.00714. The van der Waals surface area contributed by atoms with Gasteiger partial charge in [0.05, 0.1) is 29.2 Å². The number of halogens is 1. The lowest BCUT2D eigenvalue weighted by Gasteiger charge is -2.16. The molecule has 3 aromatic heterocycles. The van der Waals surface area contributed by atoms with Gasteiger partial charge >= 0.3 is 0 Å². The maximum absolute atomic E-state index is 12.6. The molecule has 1 saturated heterocycles. The van der Waals surface area contributed by atoms with Crippen molar-refractivity contribution < 1.29 is 9.53 Å². The summed E-state index contributed by atoms with van der Waals surface area (Å²) < 4.78 is 7.86. The molecule has 9 nitrogen and oxygen atoms in total. The van der Waals surface area contributed by atoms with E-state index in [4.69, 9.17) is 9.72 Å². The van der Waals surface area contributed by atoms with E-state index in [1.807, 2.05) is 35.0 Å². The van der Waals surface area contributed by atoms with Gasteiger partial charge in [0.25, 0.3) is 0 Å². The van der Waals surface area contributed by atoms with Gasteiger partial charge in [0.1, 0.15) is 4.60 Å². The third kappa shape index (κ3) is 4.12. The molecule has 174 valence electrons. The molecule has 0 radical (unpaired) electrons. The van der Waals surface area contributed by atoms with Crippen molar-refractivity contribution in [1.82, 2.24) is 30.0 Å². The molecule has 1 saturated carbocycles. The van der Waals surface area contributed by atoms with E-state index in [9.17, 15) is 4.79 Å². The normalized spacial score (nSPS) is 22.4. The molecule has 2 fully saturated rings. The second-order valence-electron chi connectivity index (χ2n) is 8.93. The Labute approximate surface area is 204 Å². The molecular weight excluding hydrogens is 498 g/mol. The van der Waals surface area contributed by atoms with E-state index in [1.54, 1.807) is 12.4 Å². The van der Waals surface area contributed by atoms with Crippen molar-refractivity contribution in [2.75, 3.05) is 18.5 Å². The first-order chi connectivity index (χ1) is 16.6. The Balaban J connectivity index is 1.21. The number of hydrogen-bond donors (Lipinski definition) is 2. The van der Waals surface area contributed by atoms with Crippen LogP contribution in [0.4, 0.5) is 5.95 Å². The second-order valence-corrected chi connectivity index (χ2v) is 9.69. The summed E-state index contributed by atoms with van der Waals surface area (Å²) in [5.41, 5.74) is 2.54. The van der Waals surface area contributed by atoms with Gasteiger partial charge < -0.3 is 15.4 Å². The fourth-order valence-corrected chi connectivity index (χ4v) is 5.25. The fraction of sp³-hybridized carbons (Fsp3) is 0.375. The largest absolute Gasteiger partial charge is 0.379 e. The molecule has 4 aromatic rings. The van der Waals surface area contributed by atoms with E-state index >= 15 is 0 Å². The van der Waals surface area contributed by atoms with Crippen LogP contribution in [-0.4, -0.2) is 55.9 Å². The zero-order valence-electron chi connectivity index (χ0n) is 18.4. The van der Waals surface area contributed by atoms with Crippen LogP contribution in [0.1, 0.15) is 25.7 Å². The lowest BCUT2D eigenvalue weighted by molar-refractivity contribution is -0.125. The topological polar surface area (TPSA) is 107 Å². The number of aromatic nitrogens is 5. The van der Waals surface area contributed by atoms with E-state index < -0.39 is 0 Å². The highest BCUT2D eigenvalue weighted by molar-refractivity contribution is 9.10. The van der Waals surface area contributed by atoms with Crippen LogP contribution in [-0.2, 0) is 9.53 Å². The highest BCUT2D eigenvalue weighted by Gasteiger charge is 2.32. The first-order valence-corrected chi connectivity index (χ1v) is 12.3. The Morgan fingerprint density at radius 3 is 2.97 bits per heavy atom. The van der Waals surface area contributed by atoms with Crippen LogP contribution < -0.4 is 10.6 Å². The Morgan fingerprint density at radius 2 is 2.09 bits per heavy atom. The van der Waals surface area contributed by atoms with Crippen LogP contribution in [0.3, 0.4) is 0 Å². The van der Waals surface area contributed by atoms with Crippen molar-refractivity contribution in [1.29, 1.82) is 0 Å². The summed E-state index contributed by atoms with van der Waals surface area (Å²) in [6, 6.07) is 10.3. The van der Waals surface area contributed by atoms with Crippen LogP contribution in [0.5, 0.6) is 0 Å². The molecular formula is C24H24BrN7O2. The molecule has 2 N–H and O–H groups in total. The van der Waals surface area contributed by atoms with Gasteiger partial charge in [-0.2, -0.15) is 10.1 Å². The number of ether oxygens (including phenoxy) is 1. The van der Waals surface area contributed by atoms with E-state index in [1.165, 1.54) is 0 Å². The molecule has 1 amide bonds. The predicted octanol–water partition coefficient (Wildman–Crippen LogP) is 3.61. The summed E-state index contributed by atoms with van der Waals surface area (Å²) in [4.78, 5) is 26.3. The average Bonchev–Trinajstić information content (AvgIpc) is 3.60. The first-order valence-electron chi connectivity index (χ1n) is 11.5. The third-order valence-electron chi connectivity index (χ3n) is 6.62. The van der Waals surface area contributed by atoms with Gasteiger partial charge in [-0.15, -0.1) is 0 Å². The summed E-state index contributed by atoms with van der Waals surface area (Å²) >= 11 is 3.54. The molecule has 3 atom stereocenters. The Morgan fingerprint density at radius 1 is 1.15 bits per heavy atom. The van der Waals surface area contributed by atoms with Crippen molar-refractivity contribution in [3.05, 3.63) is 47.3 Å². The molecule has 10 heteroatoms. The fourth-order valence-electron chi connectivity index (χ4n) is 4.81. The lowest BCUT2D eigenvalue weighted by atomic mass is 10.1. The van der Waals surface area contributed by atoms with Crippen LogP contribution in [0.25, 0.3) is 27.6 Å². The molecule has 1 aliphatic carbocycles. The van der Waals surface area contributed by atoms with E-state index in [-0.39, 0.29) is 23.9 Å². The average molecular weight is 522 g/mol. The summed E-state index contributed by atoms with van der Waals surface area (Å²) in [6.45, 7) is 1.34. The molecule has 4 heterocycles. The van der Waals surface area contributed by atoms with Crippen LogP contribution >= 0.6 is 15.9 Å².